The van der Waals surface area contributed by atoms with E-state index in [0.717, 1.165) is 39.0 Å². The van der Waals surface area contributed by atoms with E-state index in [1.54, 1.807) is 24.5 Å². The van der Waals surface area contributed by atoms with E-state index in [0.29, 0.717) is 25.2 Å². The van der Waals surface area contributed by atoms with E-state index in [2.05, 4.69) is 9.88 Å². The molecule has 2 fully saturated rings. The lowest BCUT2D eigenvalue weighted by Gasteiger charge is -2.35. The van der Waals surface area contributed by atoms with Gasteiger partial charge in [-0.25, -0.2) is 0 Å². The van der Waals surface area contributed by atoms with Crippen LogP contribution >= 0.6 is 0 Å². The lowest BCUT2D eigenvalue weighted by atomic mass is 10.2. The molecule has 6 nitrogen and oxygen atoms in total. The number of amides is 2. The highest BCUT2D eigenvalue weighted by molar-refractivity contribution is 5.94. The molecular formula is C18H26N4O2. The highest BCUT2D eigenvalue weighted by Gasteiger charge is 2.25. The predicted octanol–water partition coefficient (Wildman–Crippen LogP) is 1.24. The van der Waals surface area contributed by atoms with Crippen LogP contribution < -0.4 is 0 Å². The van der Waals surface area contributed by atoms with Crippen LogP contribution in [0.25, 0.3) is 0 Å². The number of rotatable bonds is 3. The van der Waals surface area contributed by atoms with Crippen molar-refractivity contribution >= 4 is 11.8 Å². The lowest BCUT2D eigenvalue weighted by molar-refractivity contribution is -0.132. The van der Waals surface area contributed by atoms with E-state index in [-0.39, 0.29) is 11.8 Å². The van der Waals surface area contributed by atoms with Gasteiger partial charge in [-0.05, 0) is 25.0 Å². The van der Waals surface area contributed by atoms with Gasteiger partial charge in [0.05, 0.1) is 12.1 Å². The lowest BCUT2D eigenvalue weighted by Crippen LogP contribution is -2.51. The molecule has 0 bridgehead atoms. The van der Waals surface area contributed by atoms with Gasteiger partial charge in [0.15, 0.2) is 0 Å². The molecule has 1 aromatic heterocycles. The minimum Gasteiger partial charge on any atom is -0.342 e. The Morgan fingerprint density at radius 3 is 2.25 bits per heavy atom. The molecule has 0 spiro atoms. The number of hydrogen-bond acceptors (Lipinski definition) is 4. The molecule has 130 valence electrons. The van der Waals surface area contributed by atoms with Crippen LogP contribution in [0.4, 0.5) is 0 Å². The van der Waals surface area contributed by atoms with Gasteiger partial charge < -0.3 is 9.80 Å². The van der Waals surface area contributed by atoms with Crippen LogP contribution in [-0.2, 0) is 4.79 Å². The molecule has 0 aromatic carbocycles. The third-order valence-electron chi connectivity index (χ3n) is 4.89. The first-order valence-electron chi connectivity index (χ1n) is 8.93. The Kier molecular flexibility index (Phi) is 5.80. The Morgan fingerprint density at radius 2 is 1.62 bits per heavy atom. The Hall–Kier alpha value is -1.95. The maximum absolute atomic E-state index is 12.5. The second-order valence-electron chi connectivity index (χ2n) is 6.61. The summed E-state index contributed by atoms with van der Waals surface area (Å²) in [5, 5.41) is 0. The average Bonchev–Trinajstić information content (AvgIpc) is 2.92. The van der Waals surface area contributed by atoms with Crippen molar-refractivity contribution in [3.8, 4) is 0 Å². The zero-order valence-electron chi connectivity index (χ0n) is 14.2. The number of hydrogen-bond donors (Lipinski definition) is 0. The quantitative estimate of drug-likeness (QED) is 0.837. The average molecular weight is 330 g/mol. The van der Waals surface area contributed by atoms with Crippen molar-refractivity contribution in [2.24, 2.45) is 0 Å². The molecule has 2 aliphatic rings. The van der Waals surface area contributed by atoms with Crippen LogP contribution in [0.15, 0.2) is 24.5 Å². The first-order chi connectivity index (χ1) is 11.7. The third kappa shape index (κ3) is 4.32. The molecule has 2 saturated heterocycles. The van der Waals surface area contributed by atoms with Crippen molar-refractivity contribution in [1.82, 2.24) is 19.7 Å². The number of carbonyl (C=O) groups is 2. The van der Waals surface area contributed by atoms with Crippen LogP contribution in [0.3, 0.4) is 0 Å². The summed E-state index contributed by atoms with van der Waals surface area (Å²) < 4.78 is 0. The van der Waals surface area contributed by atoms with E-state index in [1.165, 1.54) is 12.8 Å². The van der Waals surface area contributed by atoms with E-state index >= 15 is 0 Å². The summed E-state index contributed by atoms with van der Waals surface area (Å²) >= 11 is 0. The van der Waals surface area contributed by atoms with E-state index in [4.69, 9.17) is 0 Å². The largest absolute Gasteiger partial charge is 0.342 e. The van der Waals surface area contributed by atoms with Crippen LogP contribution in [0, 0.1) is 0 Å². The van der Waals surface area contributed by atoms with Gasteiger partial charge in [-0.1, -0.05) is 12.8 Å². The van der Waals surface area contributed by atoms with Gasteiger partial charge >= 0.3 is 0 Å². The highest BCUT2D eigenvalue weighted by atomic mass is 16.2. The SMILES string of the molecule is O=C(CN1CCN(C(=O)c2cccnc2)CC1)N1CCCCCC1. The van der Waals surface area contributed by atoms with E-state index in [1.807, 2.05) is 9.80 Å². The van der Waals surface area contributed by atoms with Gasteiger partial charge in [-0.2, -0.15) is 0 Å². The van der Waals surface area contributed by atoms with Gasteiger partial charge in [0.1, 0.15) is 0 Å². The summed E-state index contributed by atoms with van der Waals surface area (Å²) in [5.74, 6) is 0.269. The summed E-state index contributed by atoms with van der Waals surface area (Å²) in [6.07, 6.45) is 8.00. The molecular weight excluding hydrogens is 304 g/mol. The zero-order valence-corrected chi connectivity index (χ0v) is 14.2. The van der Waals surface area contributed by atoms with E-state index in [9.17, 15) is 9.59 Å². The Balaban J connectivity index is 1.46. The molecule has 0 aliphatic carbocycles. The predicted molar refractivity (Wildman–Crippen MR) is 91.6 cm³/mol. The molecule has 24 heavy (non-hydrogen) atoms. The maximum atomic E-state index is 12.5. The minimum atomic E-state index is 0.0293. The molecule has 0 radical (unpaired) electrons. The maximum Gasteiger partial charge on any atom is 0.255 e. The van der Waals surface area contributed by atoms with Crippen LogP contribution in [0.5, 0.6) is 0 Å². The molecule has 3 heterocycles. The first-order valence-corrected chi connectivity index (χ1v) is 8.93. The summed E-state index contributed by atoms with van der Waals surface area (Å²) in [7, 11) is 0. The van der Waals surface area contributed by atoms with Crippen LogP contribution in [-0.4, -0.2) is 77.3 Å². The molecule has 1 aromatic rings. The second-order valence-corrected chi connectivity index (χ2v) is 6.61. The molecule has 2 aliphatic heterocycles. The third-order valence-corrected chi connectivity index (χ3v) is 4.89. The molecule has 0 unspecified atom stereocenters. The number of nitrogens with zero attached hydrogens (tertiary/aromatic N) is 4. The molecule has 0 saturated carbocycles. The van der Waals surface area contributed by atoms with Gasteiger partial charge in [0, 0.05) is 51.7 Å². The van der Waals surface area contributed by atoms with Crippen molar-refractivity contribution in [2.75, 3.05) is 45.8 Å². The number of carbonyl (C=O) groups excluding carboxylic acids is 2. The standard InChI is InChI=1S/C18H26N4O2/c23-17(21-8-3-1-2-4-9-21)15-20-10-12-22(13-11-20)18(24)16-6-5-7-19-14-16/h5-7,14H,1-4,8-13,15H2. The summed E-state index contributed by atoms with van der Waals surface area (Å²) in [4.78, 5) is 34.9. The fourth-order valence-corrected chi connectivity index (χ4v) is 3.39. The molecule has 0 atom stereocenters. The first kappa shape index (κ1) is 16.9. The van der Waals surface area contributed by atoms with Gasteiger partial charge in [0.25, 0.3) is 5.91 Å². The normalized spacial score (nSPS) is 19.8. The van der Waals surface area contributed by atoms with E-state index < -0.39 is 0 Å². The zero-order chi connectivity index (χ0) is 16.8. The van der Waals surface area contributed by atoms with Crippen molar-refractivity contribution in [3.63, 3.8) is 0 Å². The Morgan fingerprint density at radius 1 is 0.917 bits per heavy atom. The fraction of sp³-hybridized carbons (Fsp3) is 0.611. The summed E-state index contributed by atoms with van der Waals surface area (Å²) in [6, 6.07) is 3.58. The highest BCUT2D eigenvalue weighted by Crippen LogP contribution is 2.12. The van der Waals surface area contributed by atoms with Crippen LogP contribution in [0.1, 0.15) is 36.0 Å². The van der Waals surface area contributed by atoms with Crippen LogP contribution in [0.2, 0.25) is 0 Å². The number of aromatic nitrogens is 1. The van der Waals surface area contributed by atoms with Crippen molar-refractivity contribution in [3.05, 3.63) is 30.1 Å². The number of likely N-dealkylation sites (tertiary alicyclic amines) is 1. The van der Waals surface area contributed by atoms with Crippen molar-refractivity contribution < 1.29 is 9.59 Å². The molecule has 3 rings (SSSR count). The second kappa shape index (κ2) is 8.24. The Labute approximate surface area is 143 Å². The molecule has 2 amide bonds. The summed E-state index contributed by atoms with van der Waals surface area (Å²) in [6.45, 7) is 5.13. The topological polar surface area (TPSA) is 56.8 Å². The van der Waals surface area contributed by atoms with Crippen molar-refractivity contribution in [2.45, 2.75) is 25.7 Å². The molecule has 6 heteroatoms. The van der Waals surface area contributed by atoms with Gasteiger partial charge in [-0.3, -0.25) is 19.5 Å². The fourth-order valence-electron chi connectivity index (χ4n) is 3.39. The summed E-state index contributed by atoms with van der Waals surface area (Å²) in [5.41, 5.74) is 0.631. The minimum absolute atomic E-state index is 0.0293. The van der Waals surface area contributed by atoms with Crippen molar-refractivity contribution in [1.29, 1.82) is 0 Å². The van der Waals surface area contributed by atoms with Gasteiger partial charge in [0.2, 0.25) is 5.91 Å². The number of pyridine rings is 1. The Bertz CT molecular complexity index is 547. The smallest absolute Gasteiger partial charge is 0.255 e. The van der Waals surface area contributed by atoms with Gasteiger partial charge in [-0.15, -0.1) is 0 Å². The monoisotopic (exact) mass is 330 g/mol. The number of piperazine rings is 1. The molecule has 0 N–H and O–H groups in total.